The number of hydrogen-bond donors (Lipinski definition) is 2. The van der Waals surface area contributed by atoms with E-state index in [1.54, 1.807) is 7.05 Å². The maximum absolute atomic E-state index is 10.9. The van der Waals surface area contributed by atoms with Gasteiger partial charge in [0.2, 0.25) is 5.91 Å². The van der Waals surface area contributed by atoms with Gasteiger partial charge in [-0.3, -0.25) is 4.79 Å². The molecule has 0 fully saturated rings. The summed E-state index contributed by atoms with van der Waals surface area (Å²) in [7, 11) is 1.68. The molecule has 0 heterocycles. The molecule has 0 saturated carbocycles. The molecule has 84 valence electrons. The Kier molecular flexibility index (Phi) is 6.54. The van der Waals surface area contributed by atoms with Crippen LogP contribution in [0.15, 0.2) is 0 Å². The zero-order chi connectivity index (χ0) is 11.0. The molecule has 3 heteroatoms. The van der Waals surface area contributed by atoms with Gasteiger partial charge in [0, 0.05) is 20.0 Å². The SMILES string of the molecule is CCC(C)(C)CNCCCC(=O)NC. The molecule has 2 N–H and O–H groups in total. The van der Waals surface area contributed by atoms with E-state index in [9.17, 15) is 4.79 Å². The topological polar surface area (TPSA) is 41.1 Å². The van der Waals surface area contributed by atoms with Gasteiger partial charge in [-0.1, -0.05) is 20.8 Å². The minimum Gasteiger partial charge on any atom is -0.359 e. The van der Waals surface area contributed by atoms with Crippen molar-refractivity contribution in [2.45, 2.75) is 40.0 Å². The lowest BCUT2D eigenvalue weighted by Gasteiger charge is -2.22. The predicted molar refractivity (Wildman–Crippen MR) is 60.2 cm³/mol. The minimum atomic E-state index is 0.126. The Morgan fingerprint density at radius 2 is 2.00 bits per heavy atom. The van der Waals surface area contributed by atoms with Crippen LogP contribution in [0.25, 0.3) is 0 Å². The molecule has 0 aliphatic heterocycles. The number of carbonyl (C=O) groups excluding carboxylic acids is 1. The summed E-state index contributed by atoms with van der Waals surface area (Å²) in [5, 5.41) is 5.99. The summed E-state index contributed by atoms with van der Waals surface area (Å²) in [6, 6.07) is 0. The maximum Gasteiger partial charge on any atom is 0.219 e. The highest BCUT2D eigenvalue weighted by Crippen LogP contribution is 2.17. The lowest BCUT2D eigenvalue weighted by molar-refractivity contribution is -0.120. The Balaban J connectivity index is 3.34. The van der Waals surface area contributed by atoms with Gasteiger partial charge in [0.1, 0.15) is 0 Å². The molecule has 0 spiro atoms. The van der Waals surface area contributed by atoms with E-state index >= 15 is 0 Å². The Hall–Kier alpha value is -0.570. The number of amides is 1. The smallest absolute Gasteiger partial charge is 0.219 e. The van der Waals surface area contributed by atoms with Gasteiger partial charge >= 0.3 is 0 Å². The molecule has 1 amide bonds. The second-order valence-corrected chi connectivity index (χ2v) is 4.47. The zero-order valence-corrected chi connectivity index (χ0v) is 9.94. The van der Waals surface area contributed by atoms with Gasteiger partial charge in [-0.25, -0.2) is 0 Å². The monoisotopic (exact) mass is 200 g/mol. The van der Waals surface area contributed by atoms with Crippen LogP contribution in [0, 0.1) is 5.41 Å². The molecule has 3 nitrogen and oxygen atoms in total. The molecular weight excluding hydrogens is 176 g/mol. The van der Waals surface area contributed by atoms with Crippen LogP contribution in [-0.2, 0) is 4.79 Å². The standard InChI is InChI=1S/C11H24N2O/c1-5-11(2,3)9-13-8-6-7-10(14)12-4/h13H,5-9H2,1-4H3,(H,12,14). The van der Waals surface area contributed by atoms with Crippen molar-refractivity contribution in [2.24, 2.45) is 5.41 Å². The fraction of sp³-hybridized carbons (Fsp3) is 0.909. The summed E-state index contributed by atoms with van der Waals surface area (Å²) in [5.41, 5.74) is 0.368. The van der Waals surface area contributed by atoms with Crippen LogP contribution in [0.5, 0.6) is 0 Å². The third-order valence-corrected chi connectivity index (χ3v) is 2.60. The molecule has 0 aromatic heterocycles. The molecule has 0 saturated heterocycles. The molecular formula is C11H24N2O. The van der Waals surface area contributed by atoms with E-state index in [0.29, 0.717) is 11.8 Å². The van der Waals surface area contributed by atoms with E-state index in [0.717, 1.165) is 19.5 Å². The molecule has 0 aromatic carbocycles. The fourth-order valence-electron chi connectivity index (χ4n) is 1.05. The molecule has 0 radical (unpaired) electrons. The second-order valence-electron chi connectivity index (χ2n) is 4.47. The van der Waals surface area contributed by atoms with E-state index in [2.05, 4.69) is 31.4 Å². The van der Waals surface area contributed by atoms with Crippen LogP contribution in [0.3, 0.4) is 0 Å². The molecule has 0 bridgehead atoms. The van der Waals surface area contributed by atoms with Crippen LogP contribution in [0.2, 0.25) is 0 Å². The Morgan fingerprint density at radius 1 is 1.36 bits per heavy atom. The van der Waals surface area contributed by atoms with Crippen molar-refractivity contribution in [1.29, 1.82) is 0 Å². The van der Waals surface area contributed by atoms with Crippen molar-refractivity contribution in [3.63, 3.8) is 0 Å². The highest BCUT2D eigenvalue weighted by atomic mass is 16.1. The van der Waals surface area contributed by atoms with Gasteiger partial charge in [-0.05, 0) is 24.8 Å². The number of hydrogen-bond acceptors (Lipinski definition) is 2. The molecule has 0 aromatic rings. The molecule has 0 aliphatic carbocycles. The molecule has 0 unspecified atom stereocenters. The zero-order valence-electron chi connectivity index (χ0n) is 9.94. The fourth-order valence-corrected chi connectivity index (χ4v) is 1.05. The van der Waals surface area contributed by atoms with Crippen LogP contribution in [-0.4, -0.2) is 26.0 Å². The van der Waals surface area contributed by atoms with Crippen molar-refractivity contribution in [3.8, 4) is 0 Å². The quantitative estimate of drug-likeness (QED) is 0.612. The van der Waals surface area contributed by atoms with E-state index in [1.165, 1.54) is 6.42 Å². The summed E-state index contributed by atoms with van der Waals surface area (Å²) in [6.07, 6.45) is 2.71. The van der Waals surface area contributed by atoms with Crippen molar-refractivity contribution in [2.75, 3.05) is 20.1 Å². The third-order valence-electron chi connectivity index (χ3n) is 2.60. The van der Waals surface area contributed by atoms with E-state index in [4.69, 9.17) is 0 Å². The normalized spacial score (nSPS) is 11.4. The summed E-state index contributed by atoms with van der Waals surface area (Å²) < 4.78 is 0. The third kappa shape index (κ3) is 6.89. The van der Waals surface area contributed by atoms with Crippen molar-refractivity contribution in [1.82, 2.24) is 10.6 Å². The lowest BCUT2D eigenvalue weighted by atomic mass is 9.90. The summed E-state index contributed by atoms with van der Waals surface area (Å²) >= 11 is 0. The summed E-state index contributed by atoms with van der Waals surface area (Å²) in [6.45, 7) is 8.65. The average molecular weight is 200 g/mol. The van der Waals surface area contributed by atoms with Gasteiger partial charge in [0.25, 0.3) is 0 Å². The van der Waals surface area contributed by atoms with Crippen LogP contribution < -0.4 is 10.6 Å². The van der Waals surface area contributed by atoms with Crippen LogP contribution in [0.1, 0.15) is 40.0 Å². The largest absolute Gasteiger partial charge is 0.359 e. The number of carbonyl (C=O) groups is 1. The van der Waals surface area contributed by atoms with Gasteiger partial charge in [0.15, 0.2) is 0 Å². The predicted octanol–water partition coefficient (Wildman–Crippen LogP) is 1.54. The average Bonchev–Trinajstić information content (AvgIpc) is 2.17. The maximum atomic E-state index is 10.9. The number of rotatable bonds is 7. The van der Waals surface area contributed by atoms with Crippen molar-refractivity contribution in [3.05, 3.63) is 0 Å². The first-order chi connectivity index (χ1) is 6.52. The lowest BCUT2D eigenvalue weighted by Crippen LogP contribution is -2.30. The Morgan fingerprint density at radius 3 is 2.50 bits per heavy atom. The van der Waals surface area contributed by atoms with Gasteiger partial charge < -0.3 is 10.6 Å². The first kappa shape index (κ1) is 13.4. The van der Waals surface area contributed by atoms with Crippen LogP contribution >= 0.6 is 0 Å². The minimum absolute atomic E-state index is 0.126. The number of nitrogens with one attached hydrogen (secondary N) is 2. The second kappa shape index (κ2) is 6.82. The highest BCUT2D eigenvalue weighted by molar-refractivity contribution is 5.75. The summed E-state index contributed by atoms with van der Waals surface area (Å²) in [5.74, 6) is 0.126. The molecule has 0 atom stereocenters. The van der Waals surface area contributed by atoms with Crippen molar-refractivity contribution >= 4 is 5.91 Å². The first-order valence-corrected chi connectivity index (χ1v) is 5.43. The highest BCUT2D eigenvalue weighted by Gasteiger charge is 2.13. The Labute approximate surface area is 87.6 Å². The summed E-state index contributed by atoms with van der Waals surface area (Å²) in [4.78, 5) is 10.9. The first-order valence-electron chi connectivity index (χ1n) is 5.43. The van der Waals surface area contributed by atoms with E-state index in [-0.39, 0.29) is 5.91 Å². The van der Waals surface area contributed by atoms with Gasteiger partial charge in [-0.15, -0.1) is 0 Å². The van der Waals surface area contributed by atoms with E-state index < -0.39 is 0 Å². The van der Waals surface area contributed by atoms with Crippen LogP contribution in [0.4, 0.5) is 0 Å². The Bertz CT molecular complexity index is 167. The molecule has 14 heavy (non-hydrogen) atoms. The molecule has 0 rings (SSSR count). The molecule has 0 aliphatic rings. The van der Waals surface area contributed by atoms with Gasteiger partial charge in [0.05, 0.1) is 0 Å². The van der Waals surface area contributed by atoms with E-state index in [1.807, 2.05) is 0 Å². The van der Waals surface area contributed by atoms with Crippen molar-refractivity contribution < 1.29 is 4.79 Å². The van der Waals surface area contributed by atoms with Gasteiger partial charge in [-0.2, -0.15) is 0 Å².